The van der Waals surface area contributed by atoms with Gasteiger partial charge in [-0.05, 0) is 79.1 Å². The summed E-state index contributed by atoms with van der Waals surface area (Å²) in [4.78, 5) is 19.9. The number of carbonyl (C=O) groups is 1. The largest absolute Gasteiger partial charge is 0.356 e. The molecule has 1 N–H and O–H groups in total. The predicted octanol–water partition coefficient (Wildman–Crippen LogP) is 4.83. The smallest absolute Gasteiger partial charge is 0.259 e. The highest BCUT2D eigenvalue weighted by molar-refractivity contribution is 7.90. The summed E-state index contributed by atoms with van der Waals surface area (Å²) >= 11 is 0. The Kier molecular flexibility index (Phi) is 5.85. The van der Waals surface area contributed by atoms with Crippen LogP contribution in [0.15, 0.2) is 71.8 Å². The first-order valence-electron chi connectivity index (χ1n) is 11.4. The van der Waals surface area contributed by atoms with E-state index in [0.29, 0.717) is 28.0 Å². The van der Waals surface area contributed by atoms with Crippen molar-refractivity contribution < 1.29 is 17.6 Å². The zero-order valence-electron chi connectivity index (χ0n) is 18.7. The molecule has 0 bridgehead atoms. The quantitative estimate of drug-likeness (QED) is 0.548. The van der Waals surface area contributed by atoms with Gasteiger partial charge in [0.1, 0.15) is 11.6 Å². The summed E-state index contributed by atoms with van der Waals surface area (Å²) in [5.41, 5.74) is 1.86. The minimum Gasteiger partial charge on any atom is -0.356 e. The third-order valence-corrected chi connectivity index (χ3v) is 8.52. The van der Waals surface area contributed by atoms with Crippen LogP contribution in [-0.2, 0) is 15.6 Å². The van der Waals surface area contributed by atoms with Gasteiger partial charge in [-0.3, -0.25) is 4.79 Å². The number of halogens is 1. The predicted molar refractivity (Wildman–Crippen MR) is 129 cm³/mol. The molecule has 5 rings (SSSR count). The van der Waals surface area contributed by atoms with E-state index in [4.69, 9.17) is 0 Å². The molecule has 1 amide bonds. The standard InChI is InChI=1S/C26H26FN3O3S/c27-20-8-6-19(7-9-20)18-34(32,33)22-4-1-3-21(17-22)29-25(31)23-5-2-14-28-24(23)30-15-12-26(10-11-26)13-16-30/h1-9,14,17H,10-13,15-16,18H2,(H,29,31). The van der Waals surface area contributed by atoms with E-state index >= 15 is 0 Å². The van der Waals surface area contributed by atoms with Crippen LogP contribution >= 0.6 is 0 Å². The lowest BCUT2D eigenvalue weighted by Gasteiger charge is -2.33. The molecule has 2 heterocycles. The van der Waals surface area contributed by atoms with Crippen LogP contribution in [0.25, 0.3) is 0 Å². The molecule has 2 aliphatic rings. The zero-order valence-corrected chi connectivity index (χ0v) is 19.5. The Morgan fingerprint density at radius 1 is 1.00 bits per heavy atom. The lowest BCUT2D eigenvalue weighted by Crippen LogP contribution is -2.36. The van der Waals surface area contributed by atoms with Crippen molar-refractivity contribution >= 4 is 27.2 Å². The zero-order chi connectivity index (χ0) is 23.8. The summed E-state index contributed by atoms with van der Waals surface area (Å²) in [5, 5.41) is 2.83. The monoisotopic (exact) mass is 479 g/mol. The van der Waals surface area contributed by atoms with Crippen LogP contribution in [0.4, 0.5) is 15.9 Å². The van der Waals surface area contributed by atoms with E-state index in [9.17, 15) is 17.6 Å². The second-order valence-electron chi connectivity index (χ2n) is 9.23. The lowest BCUT2D eigenvalue weighted by atomic mass is 9.93. The average molecular weight is 480 g/mol. The van der Waals surface area contributed by atoms with Crippen LogP contribution in [0.1, 0.15) is 41.6 Å². The van der Waals surface area contributed by atoms with E-state index in [-0.39, 0.29) is 16.6 Å². The van der Waals surface area contributed by atoms with Gasteiger partial charge in [0, 0.05) is 25.0 Å². The van der Waals surface area contributed by atoms with Crippen LogP contribution in [0.5, 0.6) is 0 Å². The number of anilines is 2. The van der Waals surface area contributed by atoms with E-state index in [1.54, 1.807) is 30.5 Å². The number of pyridine rings is 1. The minimum absolute atomic E-state index is 0.0896. The fourth-order valence-corrected chi connectivity index (χ4v) is 5.94. The molecule has 1 aliphatic carbocycles. The number of benzene rings is 2. The number of aromatic nitrogens is 1. The van der Waals surface area contributed by atoms with Crippen molar-refractivity contribution in [3.8, 4) is 0 Å². The van der Waals surface area contributed by atoms with Gasteiger partial charge < -0.3 is 10.2 Å². The Balaban J connectivity index is 1.32. The first-order valence-corrected chi connectivity index (χ1v) is 13.1. The highest BCUT2D eigenvalue weighted by atomic mass is 32.2. The van der Waals surface area contributed by atoms with Gasteiger partial charge in [-0.15, -0.1) is 0 Å². The van der Waals surface area contributed by atoms with E-state index in [1.807, 2.05) is 0 Å². The summed E-state index contributed by atoms with van der Waals surface area (Å²) in [6, 6.07) is 15.0. The Morgan fingerprint density at radius 2 is 1.74 bits per heavy atom. The van der Waals surface area contributed by atoms with Gasteiger partial charge in [-0.1, -0.05) is 18.2 Å². The van der Waals surface area contributed by atoms with Gasteiger partial charge in [0.15, 0.2) is 9.84 Å². The van der Waals surface area contributed by atoms with Gasteiger partial charge >= 0.3 is 0 Å². The van der Waals surface area contributed by atoms with Gasteiger partial charge in [0.2, 0.25) is 0 Å². The highest BCUT2D eigenvalue weighted by Gasteiger charge is 2.44. The summed E-state index contributed by atoms with van der Waals surface area (Å²) in [6.07, 6.45) is 6.54. The molecule has 1 aliphatic heterocycles. The van der Waals surface area contributed by atoms with E-state index in [2.05, 4.69) is 15.2 Å². The average Bonchev–Trinajstić information content (AvgIpc) is 3.60. The van der Waals surface area contributed by atoms with Crippen LogP contribution in [-0.4, -0.2) is 32.4 Å². The van der Waals surface area contributed by atoms with Crippen molar-refractivity contribution in [1.29, 1.82) is 0 Å². The first-order chi connectivity index (χ1) is 16.3. The first kappa shape index (κ1) is 22.5. The summed E-state index contributed by atoms with van der Waals surface area (Å²) in [6.45, 7) is 1.77. The fourth-order valence-electron chi connectivity index (χ4n) is 4.54. The van der Waals surface area contributed by atoms with Gasteiger partial charge in [0.05, 0.1) is 16.2 Å². The molecule has 6 nitrogen and oxygen atoms in total. The third-order valence-electron chi connectivity index (χ3n) is 6.83. The van der Waals surface area contributed by atoms with Gasteiger partial charge in [0.25, 0.3) is 5.91 Å². The normalized spacial score (nSPS) is 16.9. The maximum Gasteiger partial charge on any atom is 0.259 e. The number of amides is 1. The summed E-state index contributed by atoms with van der Waals surface area (Å²) in [7, 11) is -3.67. The Morgan fingerprint density at radius 3 is 2.44 bits per heavy atom. The number of rotatable bonds is 6. The number of carbonyl (C=O) groups excluding carboxylic acids is 1. The lowest BCUT2D eigenvalue weighted by molar-refractivity contribution is 0.102. The third kappa shape index (κ3) is 4.82. The van der Waals surface area contributed by atoms with E-state index in [1.165, 1.54) is 49.2 Å². The molecule has 1 saturated carbocycles. The molecule has 0 unspecified atom stereocenters. The van der Waals surface area contributed by atoms with Crippen LogP contribution in [0, 0.1) is 11.2 Å². The molecule has 2 fully saturated rings. The second kappa shape index (κ2) is 8.83. The molecule has 34 heavy (non-hydrogen) atoms. The van der Waals surface area contributed by atoms with Crippen molar-refractivity contribution in [3.63, 3.8) is 0 Å². The van der Waals surface area contributed by atoms with Gasteiger partial charge in [-0.2, -0.15) is 0 Å². The molecule has 2 aromatic carbocycles. The van der Waals surface area contributed by atoms with E-state index < -0.39 is 15.7 Å². The fraction of sp³-hybridized carbons (Fsp3) is 0.308. The second-order valence-corrected chi connectivity index (χ2v) is 11.2. The highest BCUT2D eigenvalue weighted by Crippen LogP contribution is 2.53. The molecule has 0 atom stereocenters. The van der Waals surface area contributed by atoms with Gasteiger partial charge in [-0.25, -0.2) is 17.8 Å². The molecule has 0 radical (unpaired) electrons. The molecule has 176 valence electrons. The van der Waals surface area contributed by atoms with Crippen LogP contribution < -0.4 is 10.2 Å². The Labute approximate surface area is 198 Å². The maximum absolute atomic E-state index is 13.1. The number of hydrogen-bond donors (Lipinski definition) is 1. The molecule has 8 heteroatoms. The molecular weight excluding hydrogens is 453 g/mol. The number of sulfone groups is 1. The number of hydrogen-bond acceptors (Lipinski definition) is 5. The number of piperidine rings is 1. The summed E-state index contributed by atoms with van der Waals surface area (Å²) < 4.78 is 38.9. The van der Waals surface area contributed by atoms with E-state index in [0.717, 1.165) is 25.9 Å². The SMILES string of the molecule is O=C(Nc1cccc(S(=O)(=O)Cc2ccc(F)cc2)c1)c1cccnc1N1CCC2(CC1)CC2. The van der Waals surface area contributed by atoms with Crippen molar-refractivity contribution in [1.82, 2.24) is 4.98 Å². The minimum atomic E-state index is -3.67. The molecule has 3 aromatic rings. The van der Waals surface area contributed by atoms with Crippen LogP contribution in [0.2, 0.25) is 0 Å². The van der Waals surface area contributed by atoms with Crippen molar-refractivity contribution in [2.24, 2.45) is 5.41 Å². The topological polar surface area (TPSA) is 79.4 Å². The molecule has 1 aromatic heterocycles. The van der Waals surface area contributed by atoms with Crippen LogP contribution in [0.3, 0.4) is 0 Å². The number of nitrogens with one attached hydrogen (secondary N) is 1. The molecular formula is C26H26FN3O3S. The Hall–Kier alpha value is -3.26. The van der Waals surface area contributed by atoms with Crippen molar-refractivity contribution in [3.05, 3.63) is 83.8 Å². The van der Waals surface area contributed by atoms with Crippen molar-refractivity contribution in [2.75, 3.05) is 23.3 Å². The van der Waals surface area contributed by atoms with Crippen molar-refractivity contribution in [2.45, 2.75) is 36.3 Å². The molecule has 1 saturated heterocycles. The molecule has 1 spiro atoms. The Bertz CT molecular complexity index is 1310. The summed E-state index contributed by atoms with van der Waals surface area (Å²) in [5.74, 6) is -0.343. The number of nitrogens with zero attached hydrogens (tertiary/aromatic N) is 2. The maximum atomic E-state index is 13.1.